The molecular weight excluding hydrogens is 1160 g/mol. The number of carboxylic acid groups (broad SMARTS) is 2. The monoisotopic (exact) mass is 1270 g/mol. The molecule has 0 aliphatic carbocycles. The van der Waals surface area contributed by atoms with Gasteiger partial charge in [0.1, 0.15) is 30.8 Å². The predicted molar refractivity (Wildman–Crippen MR) is 345 cm³/mol. The molecule has 0 spiro atoms. The number of allylic oxidation sites excluding steroid dienone is 1. The van der Waals surface area contributed by atoms with Gasteiger partial charge in [-0.15, -0.1) is 0 Å². The fraction of sp³-hybridized carbons (Fsp3) is 0.727. The fourth-order valence-electron chi connectivity index (χ4n) is 10.0. The van der Waals surface area contributed by atoms with Crippen molar-refractivity contribution in [2.75, 3.05) is 86.1 Å². The molecule has 0 bridgehead atoms. The minimum atomic E-state index is -1.04. The van der Waals surface area contributed by atoms with Gasteiger partial charge < -0.3 is 67.0 Å². The van der Waals surface area contributed by atoms with Gasteiger partial charge in [-0.05, 0) is 101 Å². The number of nitrogens with two attached hydrogens (primary N) is 2. The van der Waals surface area contributed by atoms with E-state index in [1.165, 1.54) is 37.8 Å². The second-order valence-electron chi connectivity index (χ2n) is 23.9. The molecule has 0 unspecified atom stereocenters. The van der Waals surface area contributed by atoms with Crippen LogP contribution in [0.15, 0.2) is 36.5 Å². The van der Waals surface area contributed by atoms with Crippen LogP contribution in [0.25, 0.3) is 0 Å². The van der Waals surface area contributed by atoms with Crippen molar-refractivity contribution in [3.8, 4) is 5.75 Å². The number of hydrogen-bond acceptors (Lipinski definition) is 18. The third kappa shape index (κ3) is 46.0. The van der Waals surface area contributed by atoms with Crippen LogP contribution in [0, 0.1) is 17.2 Å². The summed E-state index contributed by atoms with van der Waals surface area (Å²) >= 11 is 0. The molecule has 12 N–H and O–H groups in total. The molecule has 0 fully saturated rings. The van der Waals surface area contributed by atoms with Gasteiger partial charge in [-0.2, -0.15) is 0 Å². The summed E-state index contributed by atoms with van der Waals surface area (Å²) in [5.74, 6) is -4.25. The van der Waals surface area contributed by atoms with Crippen LogP contribution in [-0.4, -0.2) is 183 Å². The van der Waals surface area contributed by atoms with Crippen molar-refractivity contribution >= 4 is 58.6 Å². The van der Waals surface area contributed by atoms with E-state index >= 15 is 0 Å². The predicted octanol–water partition coefficient (Wildman–Crippen LogP) is 6.64. The molecule has 0 aliphatic rings. The van der Waals surface area contributed by atoms with Gasteiger partial charge in [0.15, 0.2) is 17.3 Å². The Kier molecular flexibility index (Phi) is 47.7. The quantitative estimate of drug-likeness (QED) is 0.0186. The van der Waals surface area contributed by atoms with Crippen molar-refractivity contribution in [2.45, 2.75) is 212 Å². The number of likely N-dealkylation sites (N-methyl/N-ethyl adjacent to an activating group) is 1. The summed E-state index contributed by atoms with van der Waals surface area (Å²) in [5, 5.41) is 47.3. The smallest absolute Gasteiger partial charge is 0.326 e. The number of phenols is 1. The standard InChI is InChI=1S/C66H112N8O16/c1-49(2)42-55(77)45-72-56(60(79)46-74(4)58(25-17-18-26-61(67)68)59(78)44-52(65(69)84)43-51-28-30-53(75)31-29-51)24-19-20-34-70-63(81)48-90-41-38-87-36-21-23-54(76)47-89-40-39-88-37-35-71-62(80)33-32-57(66(85)86)73-50(3)22-15-13-11-9-7-5-6-8-10-12-14-16-27-64(82)83/h28-31,49,52,56-58,72-73,75H,3,5-27,32-48H2,1-2,4H3,(H3,67,68)(H2,69,84)(H,70,81)(H,71,80)(H,82,83)(H,85,86)/t52-,56+,57+,58+/m1/s1. The summed E-state index contributed by atoms with van der Waals surface area (Å²) in [4.78, 5) is 114. The molecule has 0 saturated heterocycles. The van der Waals surface area contributed by atoms with Crippen molar-refractivity contribution < 1.29 is 77.4 Å². The molecule has 24 nitrogen and oxygen atoms in total. The van der Waals surface area contributed by atoms with Crippen molar-refractivity contribution in [2.24, 2.45) is 23.3 Å². The van der Waals surface area contributed by atoms with E-state index in [1.54, 1.807) is 24.1 Å². The minimum Gasteiger partial charge on any atom is -0.508 e. The Bertz CT molecular complexity index is 2250. The van der Waals surface area contributed by atoms with E-state index in [0.717, 1.165) is 56.9 Å². The Labute approximate surface area is 534 Å². The van der Waals surface area contributed by atoms with Crippen molar-refractivity contribution in [3.05, 3.63) is 42.1 Å². The van der Waals surface area contributed by atoms with E-state index in [2.05, 4.69) is 27.8 Å². The molecule has 0 heterocycles. The normalized spacial score (nSPS) is 12.7. The highest BCUT2D eigenvalue weighted by Crippen LogP contribution is 2.21. The van der Waals surface area contributed by atoms with Crippen LogP contribution in [0.2, 0.25) is 0 Å². The number of hydrogen-bond donors (Lipinski definition) is 10. The summed E-state index contributed by atoms with van der Waals surface area (Å²) in [6, 6.07) is 3.92. The summed E-state index contributed by atoms with van der Waals surface area (Å²) in [7, 11) is 1.67. The zero-order valence-electron chi connectivity index (χ0n) is 54.4. The summed E-state index contributed by atoms with van der Waals surface area (Å²) in [5.41, 5.74) is 12.7. The number of aromatic hydroxyl groups is 1. The highest BCUT2D eigenvalue weighted by molar-refractivity contribution is 5.91. The first-order valence-corrected chi connectivity index (χ1v) is 32.7. The number of ether oxygens (including phenoxy) is 4. The molecule has 0 aliphatic heterocycles. The Morgan fingerprint density at radius 2 is 1.14 bits per heavy atom. The Morgan fingerprint density at radius 1 is 0.578 bits per heavy atom. The molecule has 1 aromatic carbocycles. The number of nitrogens with one attached hydrogen (secondary N) is 5. The molecule has 3 amide bonds. The third-order valence-electron chi connectivity index (χ3n) is 15.1. The topological polar surface area (TPSA) is 378 Å². The van der Waals surface area contributed by atoms with Crippen LogP contribution >= 0.6 is 0 Å². The number of aliphatic carboxylic acids is 2. The van der Waals surface area contributed by atoms with E-state index in [-0.39, 0.29) is 157 Å². The number of benzene rings is 1. The van der Waals surface area contributed by atoms with Gasteiger partial charge in [-0.25, -0.2) is 4.79 Å². The minimum absolute atomic E-state index is 0.00730. The van der Waals surface area contributed by atoms with Crippen LogP contribution < -0.4 is 32.7 Å². The third-order valence-corrected chi connectivity index (χ3v) is 15.1. The number of Topliss-reactive ketones (excluding diaryl/α,β-unsaturated/α-hetero) is 4. The molecule has 1 rings (SSSR count). The Hall–Kier alpha value is -6.18. The van der Waals surface area contributed by atoms with Crippen molar-refractivity contribution in [3.63, 3.8) is 0 Å². The van der Waals surface area contributed by atoms with Gasteiger partial charge in [-0.1, -0.05) is 103 Å². The highest BCUT2D eigenvalue weighted by atomic mass is 16.5. The first-order valence-electron chi connectivity index (χ1n) is 32.7. The van der Waals surface area contributed by atoms with Crippen molar-refractivity contribution in [1.82, 2.24) is 26.2 Å². The number of carbonyl (C=O) groups is 9. The average molecular weight is 1270 g/mol. The molecule has 0 saturated carbocycles. The highest BCUT2D eigenvalue weighted by Gasteiger charge is 2.31. The summed E-state index contributed by atoms with van der Waals surface area (Å²) in [6.07, 6.45) is 18.4. The number of ketones is 4. The van der Waals surface area contributed by atoms with Crippen molar-refractivity contribution in [1.29, 1.82) is 5.41 Å². The average Bonchev–Trinajstić information content (AvgIpc) is 3.17. The zero-order chi connectivity index (χ0) is 66.7. The number of rotatable bonds is 63. The van der Waals surface area contributed by atoms with Crippen LogP contribution in [0.3, 0.4) is 0 Å². The maximum absolute atomic E-state index is 14.0. The largest absolute Gasteiger partial charge is 0.508 e. The van der Waals surface area contributed by atoms with E-state index in [4.69, 9.17) is 40.9 Å². The summed E-state index contributed by atoms with van der Waals surface area (Å²) < 4.78 is 21.9. The van der Waals surface area contributed by atoms with Gasteiger partial charge in [0.05, 0.1) is 64.0 Å². The van der Waals surface area contributed by atoms with E-state index < -0.39 is 41.9 Å². The lowest BCUT2D eigenvalue weighted by molar-refractivity contribution is -0.140. The molecular formula is C66H112N8O16. The van der Waals surface area contributed by atoms with Crippen LogP contribution in [0.5, 0.6) is 5.75 Å². The maximum Gasteiger partial charge on any atom is 0.326 e. The maximum atomic E-state index is 14.0. The van der Waals surface area contributed by atoms with E-state index in [0.29, 0.717) is 83.1 Å². The Balaban J connectivity index is 2.28. The Morgan fingerprint density at radius 3 is 1.74 bits per heavy atom. The molecule has 90 heavy (non-hydrogen) atoms. The first kappa shape index (κ1) is 81.8. The SMILES string of the molecule is C=C(CCCCCCCCCCCCCCC(=O)O)N[C@@H](CCC(=O)NCCOCCOCC(=O)CCCOCCOCC(=O)NCCCC[C@H](NCC(=O)CC(C)C)C(=O)CN(C)[C@@H](CCCCC(=N)N)C(=O)C[C@@H](Cc1ccc(O)cc1)C(N)=O)C(=O)O. The first-order chi connectivity index (χ1) is 43.1. The lowest BCUT2D eigenvalue weighted by Gasteiger charge is -2.29. The van der Waals surface area contributed by atoms with Gasteiger partial charge in [0.25, 0.3) is 0 Å². The van der Waals surface area contributed by atoms with E-state index in [1.807, 2.05) is 13.8 Å². The molecule has 4 atom stereocenters. The van der Waals surface area contributed by atoms with Crippen LogP contribution in [0.1, 0.15) is 193 Å². The number of carboxylic acids is 2. The van der Waals surface area contributed by atoms with Crippen LogP contribution in [0.4, 0.5) is 0 Å². The molecule has 1 aromatic rings. The lowest BCUT2D eigenvalue weighted by atomic mass is 9.89. The number of amidine groups is 1. The number of phenolic OH excluding ortho intramolecular Hbond substituents is 1. The van der Waals surface area contributed by atoms with Gasteiger partial charge >= 0.3 is 11.9 Å². The molecule has 512 valence electrons. The second kappa shape index (κ2) is 52.4. The zero-order valence-corrected chi connectivity index (χ0v) is 54.4. The number of unbranched alkanes of at least 4 members (excludes halogenated alkanes) is 13. The van der Waals surface area contributed by atoms with Crippen LogP contribution in [-0.2, 0) is 68.5 Å². The van der Waals surface area contributed by atoms with Gasteiger partial charge in [-0.3, -0.25) is 48.7 Å². The number of amides is 3. The molecule has 24 heteroatoms. The molecule has 0 radical (unpaired) electrons. The lowest BCUT2D eigenvalue weighted by Crippen LogP contribution is -2.48. The van der Waals surface area contributed by atoms with Gasteiger partial charge in [0.2, 0.25) is 17.7 Å². The molecule has 0 aromatic heterocycles. The number of nitrogens with zero attached hydrogens (tertiary/aromatic N) is 1. The number of primary amides is 1. The fourth-order valence-corrected chi connectivity index (χ4v) is 10.0. The number of carbonyl (C=O) groups excluding carboxylic acids is 7. The van der Waals surface area contributed by atoms with Gasteiger partial charge in [0, 0.05) is 69.8 Å². The summed E-state index contributed by atoms with van der Waals surface area (Å²) in [6.45, 7) is 9.34. The second-order valence-corrected chi connectivity index (χ2v) is 23.9. The van der Waals surface area contributed by atoms with E-state index in [9.17, 15) is 53.4 Å².